The first-order valence-electron chi connectivity index (χ1n) is 7.26. The van der Waals surface area contributed by atoms with Gasteiger partial charge in [0.05, 0.1) is 7.11 Å². The largest absolute Gasteiger partial charge is 0.467 e. The van der Waals surface area contributed by atoms with Crippen molar-refractivity contribution < 1.29 is 19.1 Å². The summed E-state index contributed by atoms with van der Waals surface area (Å²) in [6.07, 6.45) is -0.550. The van der Waals surface area contributed by atoms with Crippen LogP contribution in [0.1, 0.15) is 39.2 Å². The van der Waals surface area contributed by atoms with Crippen molar-refractivity contribution in [3.8, 4) is 0 Å². The maximum absolute atomic E-state index is 12.3. The van der Waals surface area contributed by atoms with Gasteiger partial charge in [-0.2, -0.15) is 0 Å². The summed E-state index contributed by atoms with van der Waals surface area (Å²) >= 11 is 0. The van der Waals surface area contributed by atoms with Gasteiger partial charge in [0.1, 0.15) is 11.6 Å². The van der Waals surface area contributed by atoms with E-state index in [9.17, 15) is 9.59 Å². The molecular weight excluding hydrogens is 282 g/mol. The topological polar surface area (TPSA) is 55.8 Å². The van der Waals surface area contributed by atoms with Crippen molar-refractivity contribution in [3.05, 3.63) is 35.9 Å². The van der Waals surface area contributed by atoms with Crippen LogP contribution in [-0.4, -0.2) is 42.8 Å². The van der Waals surface area contributed by atoms with Crippen LogP contribution in [0.5, 0.6) is 0 Å². The van der Waals surface area contributed by atoms with Crippen molar-refractivity contribution in [1.82, 2.24) is 4.90 Å². The van der Waals surface area contributed by atoms with Crippen molar-refractivity contribution in [2.75, 3.05) is 14.2 Å². The van der Waals surface area contributed by atoms with Crippen LogP contribution in [0.3, 0.4) is 0 Å². The highest BCUT2D eigenvalue weighted by molar-refractivity contribution is 5.82. The molecule has 5 nitrogen and oxygen atoms in total. The molecule has 1 rings (SSSR count). The van der Waals surface area contributed by atoms with Gasteiger partial charge in [-0.1, -0.05) is 37.3 Å². The van der Waals surface area contributed by atoms with Gasteiger partial charge in [-0.15, -0.1) is 0 Å². The SMILES string of the molecule is COC(=O)[C@H]([C@@H](C)c1ccccc1)N(C)C(=O)OC(C)(C)C. The molecule has 0 N–H and O–H groups in total. The minimum atomic E-state index is -0.748. The van der Waals surface area contributed by atoms with E-state index < -0.39 is 23.7 Å². The third-order valence-electron chi connectivity index (χ3n) is 3.34. The number of methoxy groups -OCH3 is 1. The molecule has 0 fully saturated rings. The van der Waals surface area contributed by atoms with Gasteiger partial charge >= 0.3 is 12.1 Å². The highest BCUT2D eigenvalue weighted by Crippen LogP contribution is 2.24. The molecule has 0 heterocycles. The number of benzene rings is 1. The molecule has 0 bridgehead atoms. The zero-order valence-corrected chi connectivity index (χ0v) is 14.1. The van der Waals surface area contributed by atoms with E-state index in [1.807, 2.05) is 37.3 Å². The fourth-order valence-corrected chi connectivity index (χ4v) is 2.20. The number of rotatable bonds is 4. The molecular formula is C17H25NO4. The van der Waals surface area contributed by atoms with Gasteiger partial charge < -0.3 is 9.47 Å². The van der Waals surface area contributed by atoms with Crippen LogP contribution in [0, 0.1) is 0 Å². The van der Waals surface area contributed by atoms with Gasteiger partial charge in [0.25, 0.3) is 0 Å². The zero-order valence-electron chi connectivity index (χ0n) is 14.1. The van der Waals surface area contributed by atoms with Gasteiger partial charge in [-0.25, -0.2) is 9.59 Å². The Hall–Kier alpha value is -2.04. The maximum atomic E-state index is 12.3. The van der Waals surface area contributed by atoms with Crippen molar-refractivity contribution in [2.24, 2.45) is 0 Å². The lowest BCUT2D eigenvalue weighted by atomic mass is 9.92. The van der Waals surface area contributed by atoms with Gasteiger partial charge in [0, 0.05) is 13.0 Å². The van der Waals surface area contributed by atoms with Crippen molar-refractivity contribution in [3.63, 3.8) is 0 Å². The fraction of sp³-hybridized carbons (Fsp3) is 0.529. The Bertz CT molecular complexity index is 507. The molecule has 0 aromatic heterocycles. The molecule has 0 spiro atoms. The molecule has 122 valence electrons. The number of amides is 1. The quantitative estimate of drug-likeness (QED) is 0.802. The Morgan fingerprint density at radius 2 is 1.68 bits per heavy atom. The second-order valence-corrected chi connectivity index (χ2v) is 6.26. The lowest BCUT2D eigenvalue weighted by molar-refractivity contribution is -0.147. The summed E-state index contributed by atoms with van der Waals surface area (Å²) in [7, 11) is 2.87. The zero-order chi connectivity index (χ0) is 16.9. The van der Waals surface area contributed by atoms with Crippen molar-refractivity contribution in [2.45, 2.75) is 45.3 Å². The third kappa shape index (κ3) is 4.76. The monoisotopic (exact) mass is 307 g/mol. The smallest absolute Gasteiger partial charge is 0.410 e. The van der Waals surface area contributed by atoms with E-state index in [1.54, 1.807) is 27.8 Å². The number of nitrogens with zero attached hydrogens (tertiary/aromatic N) is 1. The summed E-state index contributed by atoms with van der Waals surface area (Å²) in [5.74, 6) is -0.684. The number of hydrogen-bond donors (Lipinski definition) is 0. The molecule has 2 atom stereocenters. The maximum Gasteiger partial charge on any atom is 0.410 e. The highest BCUT2D eigenvalue weighted by Gasteiger charge is 2.35. The van der Waals surface area contributed by atoms with Gasteiger partial charge in [-0.05, 0) is 26.3 Å². The third-order valence-corrected chi connectivity index (χ3v) is 3.34. The number of carbonyl (C=O) groups excluding carboxylic acids is 2. The van der Waals surface area contributed by atoms with Crippen LogP contribution < -0.4 is 0 Å². The first-order chi connectivity index (χ1) is 10.2. The summed E-state index contributed by atoms with van der Waals surface area (Å²) in [6, 6.07) is 8.79. The molecule has 0 aliphatic carbocycles. The van der Waals surface area contributed by atoms with Crippen LogP contribution in [0.25, 0.3) is 0 Å². The lowest BCUT2D eigenvalue weighted by Gasteiger charge is -2.32. The summed E-state index contributed by atoms with van der Waals surface area (Å²) < 4.78 is 10.2. The molecule has 5 heteroatoms. The lowest BCUT2D eigenvalue weighted by Crippen LogP contribution is -2.47. The van der Waals surface area contributed by atoms with E-state index in [4.69, 9.17) is 9.47 Å². The van der Waals surface area contributed by atoms with E-state index in [1.165, 1.54) is 12.0 Å². The van der Waals surface area contributed by atoms with Crippen LogP contribution in [0.2, 0.25) is 0 Å². The predicted molar refractivity (Wildman–Crippen MR) is 84.7 cm³/mol. The van der Waals surface area contributed by atoms with Crippen LogP contribution in [0.4, 0.5) is 4.79 Å². The molecule has 0 aliphatic rings. The number of ether oxygens (including phenoxy) is 2. The summed E-state index contributed by atoms with van der Waals surface area (Å²) in [5, 5.41) is 0. The summed E-state index contributed by atoms with van der Waals surface area (Å²) in [4.78, 5) is 25.7. The summed E-state index contributed by atoms with van der Waals surface area (Å²) in [6.45, 7) is 7.24. The molecule has 1 aromatic rings. The predicted octanol–water partition coefficient (Wildman–Crippen LogP) is 3.20. The van der Waals surface area contributed by atoms with Gasteiger partial charge in [0.15, 0.2) is 0 Å². The molecule has 0 saturated heterocycles. The average Bonchev–Trinajstić information content (AvgIpc) is 2.46. The van der Waals surface area contributed by atoms with Crippen molar-refractivity contribution >= 4 is 12.1 Å². The molecule has 0 unspecified atom stereocenters. The van der Waals surface area contributed by atoms with Crippen LogP contribution >= 0.6 is 0 Å². The number of hydrogen-bond acceptors (Lipinski definition) is 4. The molecule has 1 aromatic carbocycles. The van der Waals surface area contributed by atoms with E-state index >= 15 is 0 Å². The van der Waals surface area contributed by atoms with Gasteiger partial charge in [0.2, 0.25) is 0 Å². The molecule has 0 saturated carbocycles. The molecule has 22 heavy (non-hydrogen) atoms. The Kier molecular flexibility index (Phi) is 5.97. The van der Waals surface area contributed by atoms with Crippen molar-refractivity contribution in [1.29, 1.82) is 0 Å². The second kappa shape index (κ2) is 7.29. The Balaban J connectivity index is 3.03. The standard InChI is InChI=1S/C17H25NO4/c1-12(13-10-8-7-9-11-13)14(15(19)21-6)18(5)16(20)22-17(2,3)4/h7-12,14H,1-6H3/t12-,14-/m0/s1. The molecule has 0 radical (unpaired) electrons. The first-order valence-corrected chi connectivity index (χ1v) is 7.26. The van der Waals surface area contributed by atoms with E-state index in [-0.39, 0.29) is 5.92 Å². The van der Waals surface area contributed by atoms with Crippen LogP contribution in [0.15, 0.2) is 30.3 Å². The van der Waals surface area contributed by atoms with Gasteiger partial charge in [-0.3, -0.25) is 4.90 Å². The molecule has 1 amide bonds. The van der Waals surface area contributed by atoms with Crippen LogP contribution in [-0.2, 0) is 14.3 Å². The average molecular weight is 307 g/mol. The Morgan fingerprint density at radius 3 is 2.14 bits per heavy atom. The first kappa shape index (κ1) is 18.0. The summed E-state index contributed by atoms with van der Waals surface area (Å²) in [5.41, 5.74) is 0.329. The highest BCUT2D eigenvalue weighted by atomic mass is 16.6. The number of esters is 1. The normalized spacial score (nSPS) is 13.9. The van der Waals surface area contributed by atoms with E-state index in [2.05, 4.69) is 0 Å². The Morgan fingerprint density at radius 1 is 1.14 bits per heavy atom. The Labute approximate surface area is 132 Å². The van der Waals surface area contributed by atoms with E-state index in [0.29, 0.717) is 0 Å². The minimum absolute atomic E-state index is 0.217. The minimum Gasteiger partial charge on any atom is -0.467 e. The number of carbonyl (C=O) groups is 2. The number of likely N-dealkylation sites (N-methyl/N-ethyl adjacent to an activating group) is 1. The second-order valence-electron chi connectivity index (χ2n) is 6.26. The fourth-order valence-electron chi connectivity index (χ4n) is 2.20. The molecule has 0 aliphatic heterocycles. The van der Waals surface area contributed by atoms with E-state index in [0.717, 1.165) is 5.56 Å².